The second kappa shape index (κ2) is 7.34. The van der Waals surface area contributed by atoms with Crippen molar-refractivity contribution in [3.05, 3.63) is 78.2 Å². The summed E-state index contributed by atoms with van der Waals surface area (Å²) in [6.07, 6.45) is 2.05. The topological polar surface area (TPSA) is 53.9 Å². The molecule has 2 aromatic heterocycles. The van der Waals surface area contributed by atoms with Crippen LogP contribution in [-0.4, -0.2) is 10.1 Å². The summed E-state index contributed by atoms with van der Waals surface area (Å²) in [6, 6.07) is 20.3. The lowest BCUT2D eigenvalue weighted by molar-refractivity contribution is 0.374. The third-order valence-electron chi connectivity index (χ3n) is 3.92. The zero-order chi connectivity index (χ0) is 15.5. The monoisotopic (exact) mass is 339 g/mol. The van der Waals surface area contributed by atoms with Gasteiger partial charge in [-0.15, -0.1) is 12.4 Å². The summed E-state index contributed by atoms with van der Waals surface area (Å²) in [5.41, 5.74) is 4.35. The van der Waals surface area contributed by atoms with Crippen LogP contribution in [0, 0.1) is 0 Å². The first kappa shape index (κ1) is 16.3. The van der Waals surface area contributed by atoms with Crippen LogP contribution in [-0.2, 0) is 13.1 Å². The van der Waals surface area contributed by atoms with E-state index in [0.717, 1.165) is 29.1 Å². The first-order chi connectivity index (χ1) is 11.4. The van der Waals surface area contributed by atoms with Crippen molar-refractivity contribution in [2.75, 3.05) is 0 Å². The number of aromatic nitrogens is 2. The number of halogens is 1. The molecule has 0 aliphatic carbocycles. The Bertz CT molecular complexity index is 914. The number of rotatable bonds is 5. The summed E-state index contributed by atoms with van der Waals surface area (Å²) < 4.78 is 5.41. The summed E-state index contributed by atoms with van der Waals surface area (Å²) in [4.78, 5) is 3.29. The summed E-state index contributed by atoms with van der Waals surface area (Å²) in [6.45, 7) is 1.44. The molecule has 2 heterocycles. The molecule has 5 heteroatoms. The van der Waals surface area contributed by atoms with Crippen LogP contribution < -0.4 is 5.32 Å². The van der Waals surface area contributed by atoms with Crippen molar-refractivity contribution in [3.63, 3.8) is 0 Å². The zero-order valence-electron chi connectivity index (χ0n) is 13.0. The first-order valence-electron chi connectivity index (χ1n) is 7.67. The second-order valence-corrected chi connectivity index (χ2v) is 5.51. The Morgan fingerprint density at radius 3 is 2.62 bits per heavy atom. The van der Waals surface area contributed by atoms with Gasteiger partial charge in [-0.05, 0) is 11.6 Å². The number of hydrogen-bond donors (Lipinski definition) is 2. The maximum Gasteiger partial charge on any atom is 0.151 e. The molecule has 0 atom stereocenters. The summed E-state index contributed by atoms with van der Waals surface area (Å²) in [5.74, 6) is 0.837. The van der Waals surface area contributed by atoms with E-state index in [4.69, 9.17) is 4.52 Å². The number of nitrogens with one attached hydrogen (secondary N) is 2. The predicted molar refractivity (Wildman–Crippen MR) is 98.0 cm³/mol. The van der Waals surface area contributed by atoms with Crippen LogP contribution in [0.2, 0.25) is 0 Å². The Morgan fingerprint density at radius 2 is 1.75 bits per heavy atom. The van der Waals surface area contributed by atoms with E-state index in [1.165, 1.54) is 10.9 Å². The van der Waals surface area contributed by atoms with E-state index in [1.807, 2.05) is 48.7 Å². The van der Waals surface area contributed by atoms with E-state index in [0.29, 0.717) is 6.54 Å². The molecule has 0 fully saturated rings. The van der Waals surface area contributed by atoms with Gasteiger partial charge in [0.2, 0.25) is 0 Å². The summed E-state index contributed by atoms with van der Waals surface area (Å²) >= 11 is 0. The van der Waals surface area contributed by atoms with Crippen molar-refractivity contribution < 1.29 is 4.52 Å². The fraction of sp³-hybridized carbons (Fsp3) is 0.105. The average Bonchev–Trinajstić information content (AvgIpc) is 3.23. The van der Waals surface area contributed by atoms with E-state index >= 15 is 0 Å². The molecular weight excluding hydrogens is 322 g/mol. The van der Waals surface area contributed by atoms with Crippen molar-refractivity contribution in [1.82, 2.24) is 15.5 Å². The number of H-pyrrole nitrogens is 1. The van der Waals surface area contributed by atoms with Crippen LogP contribution in [0.1, 0.15) is 11.3 Å². The maximum absolute atomic E-state index is 5.41. The summed E-state index contributed by atoms with van der Waals surface area (Å²) in [7, 11) is 0. The van der Waals surface area contributed by atoms with Gasteiger partial charge >= 0.3 is 0 Å². The standard InChI is InChI=1S/C19H17N3O.ClH/c1-2-6-14(7-3-1)19-10-16(23-22-19)13-20-11-15-12-21-18-9-5-4-8-17(15)18;/h1-10,12,20-21H,11,13H2;1H. The molecule has 4 aromatic rings. The average molecular weight is 340 g/mol. The molecule has 0 unspecified atom stereocenters. The number of fused-ring (bicyclic) bond motifs is 1. The highest BCUT2D eigenvalue weighted by Crippen LogP contribution is 2.19. The molecule has 24 heavy (non-hydrogen) atoms. The molecule has 0 aliphatic rings. The third kappa shape index (κ3) is 3.35. The molecule has 4 rings (SSSR count). The molecule has 2 aromatic carbocycles. The lowest BCUT2D eigenvalue weighted by Crippen LogP contribution is -2.11. The Hall–Kier alpha value is -2.56. The predicted octanol–water partition coefficient (Wildman–Crippen LogP) is 4.53. The third-order valence-corrected chi connectivity index (χ3v) is 3.92. The number of para-hydroxylation sites is 1. The molecule has 122 valence electrons. The van der Waals surface area contributed by atoms with Gasteiger partial charge in [0.15, 0.2) is 5.76 Å². The van der Waals surface area contributed by atoms with Gasteiger partial charge in [0.1, 0.15) is 5.69 Å². The van der Waals surface area contributed by atoms with Gasteiger partial charge in [-0.1, -0.05) is 53.7 Å². The molecular formula is C19H18ClN3O. The fourth-order valence-electron chi connectivity index (χ4n) is 2.74. The number of nitrogens with zero attached hydrogens (tertiary/aromatic N) is 1. The minimum absolute atomic E-state index is 0. The normalized spacial score (nSPS) is 10.7. The minimum atomic E-state index is 0. The van der Waals surface area contributed by atoms with Gasteiger partial charge in [0, 0.05) is 35.3 Å². The van der Waals surface area contributed by atoms with Crippen LogP contribution in [0.25, 0.3) is 22.2 Å². The molecule has 4 nitrogen and oxygen atoms in total. The van der Waals surface area contributed by atoms with Crippen LogP contribution >= 0.6 is 12.4 Å². The van der Waals surface area contributed by atoms with Gasteiger partial charge in [-0.3, -0.25) is 0 Å². The van der Waals surface area contributed by atoms with Crippen molar-refractivity contribution in [1.29, 1.82) is 0 Å². The smallest absolute Gasteiger partial charge is 0.151 e. The van der Waals surface area contributed by atoms with Gasteiger partial charge in [0.25, 0.3) is 0 Å². The van der Waals surface area contributed by atoms with Gasteiger partial charge < -0.3 is 14.8 Å². The summed E-state index contributed by atoms with van der Waals surface area (Å²) in [5, 5.41) is 8.79. The Balaban J connectivity index is 0.00000169. The van der Waals surface area contributed by atoms with Gasteiger partial charge in [0.05, 0.1) is 6.54 Å². The highest BCUT2D eigenvalue weighted by atomic mass is 35.5. The lowest BCUT2D eigenvalue weighted by atomic mass is 10.1. The lowest BCUT2D eigenvalue weighted by Gasteiger charge is -2.00. The van der Waals surface area contributed by atoms with Crippen LogP contribution in [0.4, 0.5) is 0 Å². The maximum atomic E-state index is 5.41. The molecule has 0 saturated carbocycles. The van der Waals surface area contributed by atoms with Crippen molar-refractivity contribution in [3.8, 4) is 11.3 Å². The quantitative estimate of drug-likeness (QED) is 0.561. The van der Waals surface area contributed by atoms with Crippen LogP contribution in [0.3, 0.4) is 0 Å². The first-order valence-corrected chi connectivity index (χ1v) is 7.67. The van der Waals surface area contributed by atoms with Crippen molar-refractivity contribution >= 4 is 23.3 Å². The molecule has 0 amide bonds. The van der Waals surface area contributed by atoms with Crippen molar-refractivity contribution in [2.45, 2.75) is 13.1 Å². The molecule has 0 saturated heterocycles. The SMILES string of the molecule is Cl.c1ccc(-c2cc(CNCc3c[nH]c4ccccc34)on2)cc1. The highest BCUT2D eigenvalue weighted by molar-refractivity contribution is 5.85. The zero-order valence-corrected chi connectivity index (χ0v) is 13.8. The van der Waals surface area contributed by atoms with Crippen LogP contribution in [0.5, 0.6) is 0 Å². The Morgan fingerprint density at radius 1 is 0.958 bits per heavy atom. The van der Waals surface area contributed by atoms with E-state index in [9.17, 15) is 0 Å². The van der Waals surface area contributed by atoms with E-state index in [2.05, 4.69) is 33.7 Å². The van der Waals surface area contributed by atoms with Crippen molar-refractivity contribution in [2.24, 2.45) is 0 Å². The second-order valence-electron chi connectivity index (χ2n) is 5.51. The minimum Gasteiger partial charge on any atom is -0.361 e. The molecule has 0 spiro atoms. The molecule has 2 N–H and O–H groups in total. The molecule has 0 aliphatic heterocycles. The van der Waals surface area contributed by atoms with Gasteiger partial charge in [-0.2, -0.15) is 0 Å². The van der Waals surface area contributed by atoms with E-state index in [-0.39, 0.29) is 12.4 Å². The molecule has 0 bridgehead atoms. The molecule has 0 radical (unpaired) electrons. The van der Waals surface area contributed by atoms with E-state index in [1.54, 1.807) is 0 Å². The number of hydrogen-bond acceptors (Lipinski definition) is 3. The highest BCUT2D eigenvalue weighted by Gasteiger charge is 2.07. The number of aromatic amines is 1. The number of benzene rings is 2. The largest absolute Gasteiger partial charge is 0.361 e. The Kier molecular flexibility index (Phi) is 4.99. The fourth-order valence-corrected chi connectivity index (χ4v) is 2.74. The van der Waals surface area contributed by atoms with Gasteiger partial charge in [-0.25, -0.2) is 0 Å². The van der Waals surface area contributed by atoms with E-state index < -0.39 is 0 Å². The van der Waals surface area contributed by atoms with Crippen LogP contribution in [0.15, 0.2) is 71.4 Å². The Labute approximate surface area is 146 Å².